The zero-order chi connectivity index (χ0) is 38.1. The van der Waals surface area contributed by atoms with E-state index in [1.807, 2.05) is 0 Å². The van der Waals surface area contributed by atoms with E-state index in [1.165, 1.54) is 0 Å². The normalized spacial score (nSPS) is 12.1. The molecule has 0 atom stereocenters. The van der Waals surface area contributed by atoms with Crippen molar-refractivity contribution in [2.24, 2.45) is 0 Å². The van der Waals surface area contributed by atoms with Gasteiger partial charge < -0.3 is 15.3 Å². The third-order valence-corrected chi connectivity index (χ3v) is 11.0. The molecule has 0 spiro atoms. The SMILES string of the molecule is Brc1ccc(NCC2=Cc3nc2c(-c2ccccc2)c2ccc([nH]2)c(-c2ccccc2)c2nc(c(-c4ccccc4)c4ccc([nH]4)c3-c3ccccc3)C=C2)cc1. The summed E-state index contributed by atoms with van der Waals surface area (Å²) in [4.78, 5) is 18.8. The molecule has 5 heterocycles. The zero-order valence-electron chi connectivity index (χ0n) is 30.9. The summed E-state index contributed by atoms with van der Waals surface area (Å²) >= 11 is 3.59. The molecule has 8 aromatic rings. The summed E-state index contributed by atoms with van der Waals surface area (Å²) in [6, 6.07) is 59.2. The predicted molar refractivity (Wildman–Crippen MR) is 242 cm³/mol. The second-order valence-electron chi connectivity index (χ2n) is 14.1. The molecule has 272 valence electrons. The monoisotopic (exact) mass is 797 g/mol. The van der Waals surface area contributed by atoms with Crippen molar-refractivity contribution in [1.29, 1.82) is 0 Å². The molecule has 3 N–H and O–H groups in total. The van der Waals surface area contributed by atoms with Crippen molar-refractivity contribution >= 4 is 67.5 Å². The molecule has 2 aliphatic rings. The number of halogens is 1. The minimum Gasteiger partial charge on any atom is -0.381 e. The van der Waals surface area contributed by atoms with Crippen molar-refractivity contribution in [3.8, 4) is 44.5 Å². The van der Waals surface area contributed by atoms with E-state index >= 15 is 0 Å². The first-order valence-electron chi connectivity index (χ1n) is 19.1. The Morgan fingerprint density at radius 1 is 0.421 bits per heavy atom. The van der Waals surface area contributed by atoms with Gasteiger partial charge in [-0.1, -0.05) is 137 Å². The first kappa shape index (κ1) is 34.5. The first-order valence-corrected chi connectivity index (χ1v) is 19.9. The molecule has 0 aliphatic carbocycles. The number of aromatic amines is 2. The van der Waals surface area contributed by atoms with Crippen LogP contribution in [0.1, 0.15) is 22.8 Å². The number of nitrogens with zero attached hydrogens (tertiary/aromatic N) is 2. The van der Waals surface area contributed by atoms with Crippen molar-refractivity contribution in [1.82, 2.24) is 19.9 Å². The average molecular weight is 799 g/mol. The highest BCUT2D eigenvalue weighted by Crippen LogP contribution is 2.40. The molecule has 5 nitrogen and oxygen atoms in total. The maximum atomic E-state index is 5.63. The molecule has 0 saturated heterocycles. The van der Waals surface area contributed by atoms with E-state index in [0.29, 0.717) is 6.54 Å². The van der Waals surface area contributed by atoms with E-state index in [0.717, 1.165) is 105 Å². The Hall–Kier alpha value is -7.02. The maximum Gasteiger partial charge on any atom is 0.0787 e. The molecule has 5 aromatic carbocycles. The van der Waals surface area contributed by atoms with E-state index in [9.17, 15) is 0 Å². The minimum atomic E-state index is 0.569. The zero-order valence-corrected chi connectivity index (χ0v) is 32.5. The van der Waals surface area contributed by atoms with Gasteiger partial charge in [-0.15, -0.1) is 0 Å². The summed E-state index contributed by atoms with van der Waals surface area (Å²) < 4.78 is 1.04. The largest absolute Gasteiger partial charge is 0.381 e. The quantitative estimate of drug-likeness (QED) is 0.150. The van der Waals surface area contributed by atoms with Crippen molar-refractivity contribution in [3.63, 3.8) is 0 Å². The summed E-state index contributed by atoms with van der Waals surface area (Å²) in [5, 5.41) is 3.70. The lowest BCUT2D eigenvalue weighted by atomic mass is 9.99. The van der Waals surface area contributed by atoms with Gasteiger partial charge in [0, 0.05) is 61.0 Å². The smallest absolute Gasteiger partial charge is 0.0787 e. The Kier molecular flexibility index (Phi) is 9.01. The van der Waals surface area contributed by atoms with Gasteiger partial charge in [0.25, 0.3) is 0 Å². The summed E-state index contributed by atoms with van der Waals surface area (Å²) in [7, 11) is 0. The lowest BCUT2D eigenvalue weighted by Crippen LogP contribution is -2.04. The summed E-state index contributed by atoms with van der Waals surface area (Å²) in [5.41, 5.74) is 18.0. The van der Waals surface area contributed by atoms with Crippen LogP contribution in [0.4, 0.5) is 5.69 Å². The van der Waals surface area contributed by atoms with E-state index in [4.69, 9.17) is 9.97 Å². The molecule has 3 aromatic heterocycles. The van der Waals surface area contributed by atoms with E-state index in [2.05, 4.69) is 219 Å². The molecule has 10 rings (SSSR count). The molecule has 8 bridgehead atoms. The summed E-state index contributed by atoms with van der Waals surface area (Å²) in [6.45, 7) is 0.569. The van der Waals surface area contributed by atoms with Crippen LogP contribution in [0, 0.1) is 0 Å². The lowest BCUT2D eigenvalue weighted by Gasteiger charge is -2.11. The van der Waals surface area contributed by atoms with Crippen LogP contribution < -0.4 is 5.32 Å². The van der Waals surface area contributed by atoms with Gasteiger partial charge in [0.15, 0.2) is 0 Å². The fraction of sp³-hybridized carbons (Fsp3) is 0.0196. The highest BCUT2D eigenvalue weighted by molar-refractivity contribution is 9.10. The summed E-state index contributed by atoms with van der Waals surface area (Å²) in [6.07, 6.45) is 6.54. The predicted octanol–water partition coefficient (Wildman–Crippen LogP) is 13.6. The highest BCUT2D eigenvalue weighted by atomic mass is 79.9. The van der Waals surface area contributed by atoms with Crippen molar-refractivity contribution in [3.05, 3.63) is 197 Å². The number of anilines is 1. The van der Waals surface area contributed by atoms with E-state index in [1.54, 1.807) is 0 Å². The number of fused-ring (bicyclic) bond motifs is 8. The topological polar surface area (TPSA) is 69.4 Å². The number of hydrogen-bond acceptors (Lipinski definition) is 3. The second-order valence-corrected chi connectivity index (χ2v) is 15.0. The number of hydrogen-bond donors (Lipinski definition) is 3. The maximum absolute atomic E-state index is 5.63. The average Bonchev–Trinajstić information content (AvgIpc) is 4.10. The first-order chi connectivity index (χ1) is 28.2. The molecule has 0 amide bonds. The number of benzene rings is 5. The van der Waals surface area contributed by atoms with Crippen LogP contribution in [-0.2, 0) is 0 Å². The molecule has 6 heteroatoms. The second kappa shape index (κ2) is 14.9. The van der Waals surface area contributed by atoms with Gasteiger partial charge >= 0.3 is 0 Å². The molecule has 0 saturated carbocycles. The van der Waals surface area contributed by atoms with Gasteiger partial charge in [0.1, 0.15) is 0 Å². The van der Waals surface area contributed by atoms with Crippen LogP contribution in [0.25, 0.3) is 90.4 Å². The van der Waals surface area contributed by atoms with Gasteiger partial charge in [-0.2, -0.15) is 0 Å². The molecule has 2 aliphatic heterocycles. The third kappa shape index (κ3) is 6.70. The molecule has 57 heavy (non-hydrogen) atoms. The number of rotatable bonds is 7. The molecule has 0 fully saturated rings. The molecular weight excluding hydrogens is 762 g/mol. The summed E-state index contributed by atoms with van der Waals surface area (Å²) in [5.74, 6) is 0. The number of nitrogens with one attached hydrogen (secondary N) is 3. The van der Waals surface area contributed by atoms with E-state index < -0.39 is 0 Å². The van der Waals surface area contributed by atoms with Crippen molar-refractivity contribution in [2.75, 3.05) is 11.9 Å². The van der Waals surface area contributed by atoms with Gasteiger partial charge in [-0.3, -0.25) is 0 Å². The Morgan fingerprint density at radius 3 is 1.28 bits per heavy atom. The van der Waals surface area contributed by atoms with Crippen LogP contribution in [0.3, 0.4) is 0 Å². The van der Waals surface area contributed by atoms with Gasteiger partial charge in [0.2, 0.25) is 0 Å². The fourth-order valence-corrected chi connectivity index (χ4v) is 8.14. The van der Waals surface area contributed by atoms with Crippen LogP contribution in [0.15, 0.2) is 174 Å². The van der Waals surface area contributed by atoms with Gasteiger partial charge in [0.05, 0.1) is 22.8 Å². The van der Waals surface area contributed by atoms with Crippen LogP contribution in [0.5, 0.6) is 0 Å². The van der Waals surface area contributed by atoms with Crippen LogP contribution >= 0.6 is 15.9 Å². The van der Waals surface area contributed by atoms with Crippen LogP contribution in [0.2, 0.25) is 0 Å². The van der Waals surface area contributed by atoms with Crippen molar-refractivity contribution in [2.45, 2.75) is 0 Å². The Morgan fingerprint density at radius 2 is 0.825 bits per heavy atom. The Bertz CT molecular complexity index is 2980. The highest BCUT2D eigenvalue weighted by Gasteiger charge is 2.22. The van der Waals surface area contributed by atoms with E-state index in [-0.39, 0.29) is 0 Å². The standard InChI is InChI=1S/C51H36BrN5/c52-38-21-23-39(24-22-38)53-32-37-31-46-49(35-17-9-3-10-18-35)44-28-27-42(55-44)47(33-13-5-1-6-14-33)40-25-26-41(54-40)48(34-15-7-2-8-16-34)43-29-30-45(56-43)50(51(37)57-46)36-19-11-4-12-20-36/h1-31,53,55-56H,32H2. The Labute approximate surface area is 339 Å². The van der Waals surface area contributed by atoms with Crippen LogP contribution in [-0.4, -0.2) is 26.5 Å². The number of H-pyrrole nitrogens is 2. The molecular formula is C51H36BrN5. The Balaban J connectivity index is 1.36. The third-order valence-electron chi connectivity index (χ3n) is 10.5. The molecule has 0 unspecified atom stereocenters. The minimum absolute atomic E-state index is 0.569. The molecule has 0 radical (unpaired) electrons. The van der Waals surface area contributed by atoms with Gasteiger partial charge in [-0.25, -0.2) is 9.97 Å². The lowest BCUT2D eigenvalue weighted by molar-refractivity contribution is 1.27. The van der Waals surface area contributed by atoms with Crippen molar-refractivity contribution < 1.29 is 0 Å². The number of aromatic nitrogens is 4. The van der Waals surface area contributed by atoms with Gasteiger partial charge in [-0.05, 0) is 94.6 Å². The fourth-order valence-electron chi connectivity index (χ4n) is 7.88.